The van der Waals surface area contributed by atoms with Crippen molar-refractivity contribution in [1.82, 2.24) is 15.0 Å². The van der Waals surface area contributed by atoms with E-state index >= 15 is 0 Å². The number of aryl methyl sites for hydroxylation is 1. The van der Waals surface area contributed by atoms with Crippen LogP contribution in [0.5, 0.6) is 0 Å². The third-order valence-corrected chi connectivity index (χ3v) is 3.71. The Bertz CT molecular complexity index is 682. The van der Waals surface area contributed by atoms with Gasteiger partial charge >= 0.3 is 5.97 Å². The Balaban J connectivity index is 2.18. The number of thiazole rings is 1. The molecule has 0 aliphatic carbocycles. The van der Waals surface area contributed by atoms with Crippen molar-refractivity contribution in [1.29, 1.82) is 0 Å². The van der Waals surface area contributed by atoms with E-state index in [0.29, 0.717) is 9.88 Å². The Hall–Kier alpha value is -2.08. The fourth-order valence-corrected chi connectivity index (χ4v) is 2.48. The smallest absolute Gasteiger partial charge is 0.355 e. The number of rotatable bonds is 3. The van der Waals surface area contributed by atoms with Crippen molar-refractivity contribution in [3.8, 4) is 0 Å². The molecule has 5 nitrogen and oxygen atoms in total. The second-order valence-corrected chi connectivity index (χ2v) is 6.92. The Morgan fingerprint density at radius 2 is 1.86 bits per heavy atom. The molecule has 1 N–H and O–H groups in total. The molecule has 0 aliphatic rings. The maximum atomic E-state index is 10.9. The van der Waals surface area contributed by atoms with Crippen molar-refractivity contribution >= 4 is 29.5 Å². The van der Waals surface area contributed by atoms with Gasteiger partial charge < -0.3 is 5.11 Å². The highest BCUT2D eigenvalue weighted by Crippen LogP contribution is 2.20. The van der Waals surface area contributed by atoms with E-state index in [2.05, 4.69) is 35.7 Å². The summed E-state index contributed by atoms with van der Waals surface area (Å²) in [4.78, 5) is 24.4. The highest BCUT2D eigenvalue weighted by Gasteiger charge is 2.16. The minimum absolute atomic E-state index is 0.0783. The van der Waals surface area contributed by atoms with E-state index in [9.17, 15) is 4.79 Å². The summed E-state index contributed by atoms with van der Waals surface area (Å²) < 4.78 is 0. The molecule has 0 radical (unpaired) electrons. The summed E-state index contributed by atoms with van der Waals surface area (Å²) in [5.41, 5.74) is 0.886. The van der Waals surface area contributed by atoms with Gasteiger partial charge in [-0.3, -0.25) is 0 Å². The lowest BCUT2D eigenvalue weighted by molar-refractivity contribution is 0.0690. The molecule has 0 aliphatic heterocycles. The summed E-state index contributed by atoms with van der Waals surface area (Å²) in [6, 6.07) is 0. The predicted octanol–water partition coefficient (Wildman–Crippen LogP) is 3.41. The van der Waals surface area contributed by atoms with Crippen molar-refractivity contribution in [2.24, 2.45) is 0 Å². The van der Waals surface area contributed by atoms with Crippen LogP contribution in [0.4, 0.5) is 0 Å². The molecule has 110 valence electrons. The van der Waals surface area contributed by atoms with Gasteiger partial charge in [-0.1, -0.05) is 20.8 Å². The maximum Gasteiger partial charge on any atom is 0.355 e. The summed E-state index contributed by atoms with van der Waals surface area (Å²) in [7, 11) is 0. The van der Waals surface area contributed by atoms with Crippen molar-refractivity contribution in [2.45, 2.75) is 33.1 Å². The fraction of sp³-hybridized carbons (Fsp3) is 0.333. The molecule has 0 fully saturated rings. The number of nitrogens with zero attached hydrogens (tertiary/aromatic N) is 3. The number of hydrogen-bond acceptors (Lipinski definition) is 5. The largest absolute Gasteiger partial charge is 0.476 e. The number of carboxylic acids is 1. The summed E-state index contributed by atoms with van der Waals surface area (Å²) in [5.74, 6) is -0.209. The van der Waals surface area contributed by atoms with Crippen LogP contribution >= 0.6 is 11.3 Å². The summed E-state index contributed by atoms with van der Waals surface area (Å²) in [6.45, 7) is 7.93. The van der Waals surface area contributed by atoms with Gasteiger partial charge in [-0.25, -0.2) is 19.7 Å². The first-order valence-corrected chi connectivity index (χ1v) is 7.30. The molecule has 0 unspecified atom stereocenters. The van der Waals surface area contributed by atoms with Gasteiger partial charge in [0.2, 0.25) is 0 Å². The minimum Gasteiger partial charge on any atom is -0.476 e. The third kappa shape index (κ3) is 3.72. The van der Waals surface area contributed by atoms with E-state index < -0.39 is 5.97 Å². The number of aromatic nitrogens is 3. The van der Waals surface area contributed by atoms with Crippen molar-refractivity contribution in [2.75, 3.05) is 0 Å². The standard InChI is InChI=1S/C15H17N3O2S/c1-9-12(13(19)20)18-11(21-9)6-5-10-7-16-14(17-8-10)15(2,3)4/h5-8H,1-4H3,(H,19,20)/b6-5+. The molecule has 0 amide bonds. The number of hydrogen-bond donors (Lipinski definition) is 1. The average Bonchev–Trinajstić information content (AvgIpc) is 2.77. The van der Waals surface area contributed by atoms with Gasteiger partial charge in [-0.15, -0.1) is 11.3 Å². The summed E-state index contributed by atoms with van der Waals surface area (Å²) in [6.07, 6.45) is 7.11. The van der Waals surface area contributed by atoms with Crippen LogP contribution in [-0.4, -0.2) is 26.0 Å². The monoisotopic (exact) mass is 303 g/mol. The molecule has 2 rings (SSSR count). The molecule has 0 aromatic carbocycles. The predicted molar refractivity (Wildman–Crippen MR) is 83.5 cm³/mol. The Kier molecular flexibility index (Phi) is 4.18. The minimum atomic E-state index is -0.999. The van der Waals surface area contributed by atoms with Crippen LogP contribution in [-0.2, 0) is 5.41 Å². The van der Waals surface area contributed by atoms with Crippen molar-refractivity contribution in [3.05, 3.63) is 39.4 Å². The quantitative estimate of drug-likeness (QED) is 0.940. The zero-order valence-electron chi connectivity index (χ0n) is 12.4. The molecular weight excluding hydrogens is 286 g/mol. The van der Waals surface area contributed by atoms with Gasteiger partial charge in [0.25, 0.3) is 0 Å². The molecule has 0 atom stereocenters. The topological polar surface area (TPSA) is 76.0 Å². The molecule has 0 saturated heterocycles. The van der Waals surface area contributed by atoms with Crippen LogP contribution in [0.15, 0.2) is 12.4 Å². The molecule has 2 aromatic heterocycles. The highest BCUT2D eigenvalue weighted by atomic mass is 32.1. The zero-order chi connectivity index (χ0) is 15.6. The van der Waals surface area contributed by atoms with Gasteiger partial charge in [0.1, 0.15) is 10.8 Å². The number of carbonyl (C=O) groups is 1. The van der Waals surface area contributed by atoms with E-state index in [-0.39, 0.29) is 11.1 Å². The summed E-state index contributed by atoms with van der Waals surface area (Å²) >= 11 is 1.35. The average molecular weight is 303 g/mol. The third-order valence-electron chi connectivity index (χ3n) is 2.78. The van der Waals surface area contributed by atoms with E-state index in [4.69, 9.17) is 5.11 Å². The molecule has 2 heterocycles. The van der Waals surface area contributed by atoms with Gasteiger partial charge in [0, 0.05) is 28.2 Å². The van der Waals surface area contributed by atoms with Gasteiger partial charge in [0.15, 0.2) is 5.69 Å². The molecule has 0 bridgehead atoms. The first-order valence-electron chi connectivity index (χ1n) is 6.48. The van der Waals surface area contributed by atoms with E-state index in [1.807, 2.05) is 6.08 Å². The second-order valence-electron chi connectivity index (χ2n) is 5.69. The molecule has 21 heavy (non-hydrogen) atoms. The molecule has 2 aromatic rings. The molecule has 0 saturated carbocycles. The van der Waals surface area contributed by atoms with Crippen LogP contribution in [0.1, 0.15) is 52.5 Å². The van der Waals surface area contributed by atoms with Crippen LogP contribution < -0.4 is 0 Å². The van der Waals surface area contributed by atoms with Gasteiger partial charge in [0.05, 0.1) is 0 Å². The lowest BCUT2D eigenvalue weighted by Crippen LogP contribution is -2.15. The van der Waals surface area contributed by atoms with Crippen LogP contribution in [0.3, 0.4) is 0 Å². The molecule has 0 spiro atoms. The molecule has 6 heteroatoms. The lowest BCUT2D eigenvalue weighted by atomic mass is 9.96. The highest BCUT2D eigenvalue weighted by molar-refractivity contribution is 7.12. The zero-order valence-corrected chi connectivity index (χ0v) is 13.2. The Morgan fingerprint density at radius 3 is 2.33 bits per heavy atom. The lowest BCUT2D eigenvalue weighted by Gasteiger charge is -2.15. The summed E-state index contributed by atoms with van der Waals surface area (Å²) in [5, 5.41) is 9.63. The van der Waals surface area contributed by atoms with Gasteiger partial charge in [-0.2, -0.15) is 0 Å². The van der Waals surface area contributed by atoms with Crippen molar-refractivity contribution < 1.29 is 9.90 Å². The normalized spacial score (nSPS) is 12.0. The van der Waals surface area contributed by atoms with E-state index in [1.165, 1.54) is 11.3 Å². The Labute approximate surface area is 127 Å². The van der Waals surface area contributed by atoms with Gasteiger partial charge in [-0.05, 0) is 19.1 Å². The van der Waals surface area contributed by atoms with E-state index in [0.717, 1.165) is 11.4 Å². The number of carboxylic acid groups (broad SMARTS) is 1. The van der Waals surface area contributed by atoms with Crippen LogP contribution in [0.2, 0.25) is 0 Å². The number of aromatic carboxylic acids is 1. The van der Waals surface area contributed by atoms with Crippen LogP contribution in [0, 0.1) is 6.92 Å². The van der Waals surface area contributed by atoms with Crippen LogP contribution in [0.25, 0.3) is 12.2 Å². The SMILES string of the molecule is Cc1sc(/C=C/c2cnc(C(C)(C)C)nc2)nc1C(=O)O. The second kappa shape index (κ2) is 5.73. The first kappa shape index (κ1) is 15.3. The fourth-order valence-electron chi connectivity index (χ4n) is 1.67. The first-order chi connectivity index (χ1) is 9.77. The van der Waals surface area contributed by atoms with E-state index in [1.54, 1.807) is 25.4 Å². The molecular formula is C15H17N3O2S. The maximum absolute atomic E-state index is 10.9. The van der Waals surface area contributed by atoms with Crippen molar-refractivity contribution in [3.63, 3.8) is 0 Å². The Morgan fingerprint density at radius 1 is 1.24 bits per heavy atom.